The minimum Gasteiger partial charge on any atom is -0.344 e. The molecule has 10 aromatic rings. The highest BCUT2D eigenvalue weighted by Crippen LogP contribution is 2.40. The van der Waals surface area contributed by atoms with Gasteiger partial charge in [-0.2, -0.15) is 0 Å². The molecule has 0 radical (unpaired) electrons. The second-order valence-electron chi connectivity index (χ2n) is 15.3. The SMILES string of the molecule is c1ccc(C2=NC(c3ccc(-c4ccc5c(c4)c4ccccc4n5-c4ccccc4)c(-c4cc(-c5ccccc5)cc(-c5ccccc5)n4)c3)=NC(c3ccccc3)N2)cc1. The Balaban J connectivity index is 1.15. The van der Waals surface area contributed by atoms with E-state index in [1.807, 2.05) is 30.3 Å². The summed E-state index contributed by atoms with van der Waals surface area (Å²) >= 11 is 0. The van der Waals surface area contributed by atoms with Crippen LogP contribution in [-0.4, -0.2) is 21.2 Å². The molecule has 1 N–H and O–H groups in total. The van der Waals surface area contributed by atoms with Crippen LogP contribution in [0.5, 0.6) is 0 Å². The Labute approximate surface area is 354 Å². The maximum Gasteiger partial charge on any atom is 0.159 e. The van der Waals surface area contributed by atoms with E-state index in [9.17, 15) is 0 Å². The van der Waals surface area contributed by atoms with Crippen molar-refractivity contribution in [2.24, 2.45) is 9.98 Å². The van der Waals surface area contributed by atoms with Crippen molar-refractivity contribution >= 4 is 33.5 Å². The molecule has 5 heteroatoms. The van der Waals surface area contributed by atoms with Crippen LogP contribution in [0.15, 0.2) is 234 Å². The third-order valence-corrected chi connectivity index (χ3v) is 11.5. The topological polar surface area (TPSA) is 54.6 Å². The first-order valence-corrected chi connectivity index (χ1v) is 20.6. The van der Waals surface area contributed by atoms with Gasteiger partial charge in [0.15, 0.2) is 5.84 Å². The van der Waals surface area contributed by atoms with Crippen molar-refractivity contribution in [3.63, 3.8) is 0 Å². The van der Waals surface area contributed by atoms with Gasteiger partial charge in [0.25, 0.3) is 0 Å². The highest BCUT2D eigenvalue weighted by atomic mass is 15.2. The molecule has 1 aliphatic rings. The first kappa shape index (κ1) is 36.0. The number of benzene rings is 8. The molecule has 1 unspecified atom stereocenters. The van der Waals surface area contributed by atoms with Crippen molar-refractivity contribution in [1.82, 2.24) is 14.9 Å². The molecule has 1 atom stereocenters. The second-order valence-corrected chi connectivity index (χ2v) is 15.3. The molecule has 0 amide bonds. The van der Waals surface area contributed by atoms with Gasteiger partial charge >= 0.3 is 0 Å². The molecular weight excluding hydrogens is 743 g/mol. The summed E-state index contributed by atoms with van der Waals surface area (Å²) < 4.78 is 2.36. The number of nitrogens with zero attached hydrogens (tertiary/aromatic N) is 4. The number of nitrogens with one attached hydrogen (secondary N) is 1. The van der Waals surface area contributed by atoms with Crippen LogP contribution >= 0.6 is 0 Å². The number of pyridine rings is 1. The summed E-state index contributed by atoms with van der Waals surface area (Å²) in [6.45, 7) is 0. The lowest BCUT2D eigenvalue weighted by Gasteiger charge is -2.24. The Morgan fingerprint density at radius 2 is 0.984 bits per heavy atom. The molecule has 0 aliphatic carbocycles. The summed E-state index contributed by atoms with van der Waals surface area (Å²) in [5.41, 5.74) is 14.6. The number of aromatic nitrogens is 2. The first-order valence-electron chi connectivity index (χ1n) is 20.6. The van der Waals surface area contributed by atoms with Crippen molar-refractivity contribution < 1.29 is 0 Å². The molecule has 0 bridgehead atoms. The molecule has 1 aliphatic heterocycles. The summed E-state index contributed by atoms with van der Waals surface area (Å²) in [6, 6.07) is 78.8. The maximum atomic E-state index is 5.46. The average molecular weight is 782 g/mol. The average Bonchev–Trinajstić information content (AvgIpc) is 3.68. The van der Waals surface area contributed by atoms with E-state index in [1.165, 1.54) is 16.3 Å². The number of hydrogen-bond acceptors (Lipinski definition) is 4. The van der Waals surface area contributed by atoms with Gasteiger partial charge in [-0.25, -0.2) is 15.0 Å². The van der Waals surface area contributed by atoms with E-state index in [0.717, 1.165) is 78.5 Å². The van der Waals surface area contributed by atoms with E-state index in [1.54, 1.807) is 0 Å². The number of amidine groups is 2. The van der Waals surface area contributed by atoms with Crippen LogP contribution in [0.4, 0.5) is 0 Å². The molecule has 0 spiro atoms. The van der Waals surface area contributed by atoms with Crippen LogP contribution in [0.25, 0.3) is 72.3 Å². The van der Waals surface area contributed by atoms with Crippen LogP contribution in [0.1, 0.15) is 22.9 Å². The first-order chi connectivity index (χ1) is 30.2. The van der Waals surface area contributed by atoms with E-state index in [2.05, 4.69) is 204 Å². The van der Waals surface area contributed by atoms with Gasteiger partial charge < -0.3 is 9.88 Å². The molecule has 5 nitrogen and oxygen atoms in total. The summed E-state index contributed by atoms with van der Waals surface area (Å²) in [7, 11) is 0. The Bertz CT molecular complexity index is 3190. The quantitative estimate of drug-likeness (QED) is 0.167. The van der Waals surface area contributed by atoms with E-state index >= 15 is 0 Å². The molecule has 0 saturated heterocycles. The lowest BCUT2D eigenvalue weighted by atomic mass is 9.92. The molecule has 288 valence electrons. The van der Waals surface area contributed by atoms with E-state index < -0.39 is 0 Å². The fraction of sp³-hybridized carbons (Fsp3) is 0.0179. The van der Waals surface area contributed by atoms with Crippen molar-refractivity contribution in [2.75, 3.05) is 0 Å². The summed E-state index contributed by atoms with van der Waals surface area (Å²) in [5, 5.41) is 6.01. The van der Waals surface area contributed by atoms with Crippen LogP contribution in [0.3, 0.4) is 0 Å². The van der Waals surface area contributed by atoms with Gasteiger partial charge in [-0.05, 0) is 76.3 Å². The number of para-hydroxylation sites is 2. The van der Waals surface area contributed by atoms with Crippen LogP contribution in [0.2, 0.25) is 0 Å². The van der Waals surface area contributed by atoms with Crippen molar-refractivity contribution in [2.45, 2.75) is 6.17 Å². The van der Waals surface area contributed by atoms with Crippen molar-refractivity contribution in [3.05, 3.63) is 241 Å². The largest absolute Gasteiger partial charge is 0.344 e. The van der Waals surface area contributed by atoms with Crippen molar-refractivity contribution in [1.29, 1.82) is 0 Å². The molecule has 2 aromatic heterocycles. The van der Waals surface area contributed by atoms with Gasteiger partial charge in [-0.3, -0.25) is 0 Å². The summed E-state index contributed by atoms with van der Waals surface area (Å²) in [4.78, 5) is 15.9. The van der Waals surface area contributed by atoms with E-state index in [4.69, 9.17) is 15.0 Å². The van der Waals surface area contributed by atoms with Crippen LogP contribution in [0, 0.1) is 0 Å². The van der Waals surface area contributed by atoms with Gasteiger partial charge in [-0.1, -0.05) is 176 Å². The molecule has 3 heterocycles. The normalized spacial score (nSPS) is 13.7. The fourth-order valence-corrected chi connectivity index (χ4v) is 8.49. The Kier molecular flexibility index (Phi) is 9.17. The third-order valence-electron chi connectivity index (χ3n) is 11.5. The smallest absolute Gasteiger partial charge is 0.159 e. The number of fused-ring (bicyclic) bond motifs is 3. The van der Waals surface area contributed by atoms with E-state index in [-0.39, 0.29) is 6.17 Å². The van der Waals surface area contributed by atoms with Gasteiger partial charge in [0.1, 0.15) is 12.0 Å². The molecule has 61 heavy (non-hydrogen) atoms. The maximum absolute atomic E-state index is 5.46. The minimum atomic E-state index is -0.319. The Morgan fingerprint density at radius 3 is 1.72 bits per heavy atom. The van der Waals surface area contributed by atoms with Crippen LogP contribution in [-0.2, 0) is 0 Å². The number of hydrogen-bond donors (Lipinski definition) is 1. The lowest BCUT2D eigenvalue weighted by Crippen LogP contribution is -2.33. The van der Waals surface area contributed by atoms with Gasteiger partial charge in [0, 0.05) is 38.7 Å². The third kappa shape index (κ3) is 6.88. The van der Waals surface area contributed by atoms with E-state index in [0.29, 0.717) is 5.84 Å². The minimum absolute atomic E-state index is 0.319. The summed E-state index contributed by atoms with van der Waals surface area (Å²) in [5.74, 6) is 1.43. The molecule has 0 saturated carbocycles. The molecule has 8 aromatic carbocycles. The zero-order valence-electron chi connectivity index (χ0n) is 33.2. The highest BCUT2D eigenvalue weighted by Gasteiger charge is 2.23. The van der Waals surface area contributed by atoms with Gasteiger partial charge in [0.05, 0.1) is 22.4 Å². The predicted molar refractivity (Wildman–Crippen MR) is 252 cm³/mol. The monoisotopic (exact) mass is 781 g/mol. The van der Waals surface area contributed by atoms with Gasteiger partial charge in [0.2, 0.25) is 0 Å². The zero-order valence-corrected chi connectivity index (χ0v) is 33.2. The fourth-order valence-electron chi connectivity index (χ4n) is 8.49. The Hall–Kier alpha value is -8.15. The molecule has 0 fully saturated rings. The predicted octanol–water partition coefficient (Wildman–Crippen LogP) is 13.3. The highest BCUT2D eigenvalue weighted by molar-refractivity contribution is 6.14. The van der Waals surface area contributed by atoms with Gasteiger partial charge in [-0.15, -0.1) is 0 Å². The molecule has 11 rings (SSSR count). The number of rotatable bonds is 8. The number of aliphatic imine (C=N–C) groups is 2. The van der Waals surface area contributed by atoms with Crippen molar-refractivity contribution in [3.8, 4) is 50.5 Å². The van der Waals surface area contributed by atoms with Crippen LogP contribution < -0.4 is 5.32 Å². The summed E-state index contributed by atoms with van der Waals surface area (Å²) in [6.07, 6.45) is -0.319. The standard InChI is InChI=1S/C56H39N5/c1-6-18-38(19-7-1)44-36-50(39-20-8-2-9-21-39)57-51(37-44)48-35-43(56-59-54(40-22-10-3-11-23-40)58-55(60-56)41-24-12-4-13-25-41)30-32-46(48)42-31-33-53-49(34-42)47-28-16-17-29-52(47)61(53)45-26-14-5-15-27-45/h1-37,54H,(H,58,59,60). The zero-order chi connectivity index (χ0) is 40.5. The molecular formula is C56H39N5. The lowest BCUT2D eigenvalue weighted by molar-refractivity contribution is 0.674. The second kappa shape index (κ2) is 15.6. The Morgan fingerprint density at radius 1 is 0.393 bits per heavy atom.